The van der Waals surface area contributed by atoms with E-state index in [0.717, 1.165) is 17.7 Å². The maximum Gasteiger partial charge on any atom is 0.129 e. The van der Waals surface area contributed by atoms with Gasteiger partial charge in [0.2, 0.25) is 0 Å². The van der Waals surface area contributed by atoms with Gasteiger partial charge >= 0.3 is 0 Å². The van der Waals surface area contributed by atoms with Crippen LogP contribution in [0.25, 0.3) is 10.9 Å². The first-order valence-electron chi connectivity index (χ1n) is 4.82. The number of ether oxygens (including phenoxy) is 1. The molecule has 1 aliphatic rings. The van der Waals surface area contributed by atoms with E-state index >= 15 is 0 Å². The fourth-order valence-electron chi connectivity index (χ4n) is 2.04. The van der Waals surface area contributed by atoms with E-state index in [-0.39, 0.29) is 6.04 Å². The number of H-pyrrole nitrogens is 1. The SMILES string of the molecule is N[C@@H]1COc2cccc3[nH]cc(c23)C1. The molecule has 1 aliphatic heterocycles. The van der Waals surface area contributed by atoms with Gasteiger partial charge in [-0.05, 0) is 24.1 Å². The average Bonchev–Trinajstić information content (AvgIpc) is 2.51. The van der Waals surface area contributed by atoms with Crippen LogP contribution in [-0.4, -0.2) is 17.6 Å². The summed E-state index contributed by atoms with van der Waals surface area (Å²) in [5.74, 6) is 0.951. The number of rotatable bonds is 0. The van der Waals surface area contributed by atoms with Crippen molar-refractivity contribution in [2.75, 3.05) is 6.61 Å². The fourth-order valence-corrected chi connectivity index (χ4v) is 2.04. The van der Waals surface area contributed by atoms with Crippen LogP contribution < -0.4 is 10.5 Å². The van der Waals surface area contributed by atoms with Gasteiger partial charge in [-0.25, -0.2) is 0 Å². The summed E-state index contributed by atoms with van der Waals surface area (Å²) >= 11 is 0. The van der Waals surface area contributed by atoms with Gasteiger partial charge in [-0.1, -0.05) is 6.07 Å². The topological polar surface area (TPSA) is 51.0 Å². The minimum atomic E-state index is 0.0985. The zero-order chi connectivity index (χ0) is 9.54. The van der Waals surface area contributed by atoms with Crippen molar-refractivity contribution in [3.05, 3.63) is 30.0 Å². The predicted octanol–water partition coefficient (Wildman–Crippen LogP) is 1.43. The van der Waals surface area contributed by atoms with Gasteiger partial charge in [0.05, 0.1) is 0 Å². The molecule has 72 valence electrons. The van der Waals surface area contributed by atoms with Crippen molar-refractivity contribution < 1.29 is 4.74 Å². The second-order valence-electron chi connectivity index (χ2n) is 3.77. The minimum absolute atomic E-state index is 0.0985. The first kappa shape index (κ1) is 7.88. The Labute approximate surface area is 81.9 Å². The molecule has 3 rings (SSSR count). The highest BCUT2D eigenvalue weighted by Gasteiger charge is 2.17. The first-order valence-corrected chi connectivity index (χ1v) is 4.82. The van der Waals surface area contributed by atoms with Gasteiger partial charge in [-0.3, -0.25) is 0 Å². The normalized spacial score (nSPS) is 20.5. The third-order valence-corrected chi connectivity index (χ3v) is 2.68. The number of aromatic amines is 1. The Morgan fingerprint density at radius 2 is 2.36 bits per heavy atom. The van der Waals surface area contributed by atoms with Crippen LogP contribution in [0.3, 0.4) is 0 Å². The Morgan fingerprint density at radius 1 is 1.43 bits per heavy atom. The Balaban J connectivity index is 2.30. The van der Waals surface area contributed by atoms with Crippen LogP contribution in [0.1, 0.15) is 5.56 Å². The van der Waals surface area contributed by atoms with E-state index in [0.29, 0.717) is 6.61 Å². The highest BCUT2D eigenvalue weighted by atomic mass is 16.5. The van der Waals surface area contributed by atoms with E-state index < -0.39 is 0 Å². The molecule has 3 N–H and O–H groups in total. The number of nitrogens with one attached hydrogen (secondary N) is 1. The number of hydrogen-bond acceptors (Lipinski definition) is 2. The van der Waals surface area contributed by atoms with Crippen molar-refractivity contribution in [2.24, 2.45) is 5.73 Å². The van der Waals surface area contributed by atoms with Gasteiger partial charge in [0.1, 0.15) is 12.4 Å². The number of benzene rings is 1. The first-order chi connectivity index (χ1) is 6.84. The summed E-state index contributed by atoms with van der Waals surface area (Å²) in [6, 6.07) is 6.15. The molecule has 0 spiro atoms. The number of nitrogens with two attached hydrogens (primary N) is 1. The average molecular weight is 188 g/mol. The molecule has 0 radical (unpaired) electrons. The van der Waals surface area contributed by atoms with Crippen LogP contribution >= 0.6 is 0 Å². The van der Waals surface area contributed by atoms with Crippen molar-refractivity contribution in [2.45, 2.75) is 12.5 Å². The molecule has 0 bridgehead atoms. The van der Waals surface area contributed by atoms with E-state index in [2.05, 4.69) is 11.1 Å². The second kappa shape index (κ2) is 2.75. The maximum absolute atomic E-state index is 5.91. The third-order valence-electron chi connectivity index (χ3n) is 2.68. The molecule has 2 heterocycles. The molecule has 2 aromatic rings. The standard InChI is InChI=1S/C11H12N2O/c12-8-4-7-5-13-9-2-1-3-10(11(7)9)14-6-8/h1-3,5,8,13H,4,6,12H2/t8-/m0/s1. The molecule has 1 aromatic heterocycles. The van der Waals surface area contributed by atoms with E-state index in [9.17, 15) is 0 Å². The molecule has 0 aliphatic carbocycles. The van der Waals surface area contributed by atoms with Gasteiger partial charge in [-0.15, -0.1) is 0 Å². The Kier molecular flexibility index (Phi) is 1.55. The highest BCUT2D eigenvalue weighted by Crippen LogP contribution is 2.31. The van der Waals surface area contributed by atoms with Gasteiger partial charge < -0.3 is 15.5 Å². The summed E-state index contributed by atoms with van der Waals surface area (Å²) in [6.45, 7) is 0.605. The van der Waals surface area contributed by atoms with Crippen LogP contribution in [0.4, 0.5) is 0 Å². The number of aromatic nitrogens is 1. The lowest BCUT2D eigenvalue weighted by Crippen LogP contribution is -2.28. The van der Waals surface area contributed by atoms with Gasteiger partial charge in [0, 0.05) is 23.1 Å². The summed E-state index contributed by atoms with van der Waals surface area (Å²) < 4.78 is 5.65. The second-order valence-corrected chi connectivity index (χ2v) is 3.77. The van der Waals surface area contributed by atoms with Gasteiger partial charge in [0.15, 0.2) is 0 Å². The van der Waals surface area contributed by atoms with Crippen molar-refractivity contribution in [3.63, 3.8) is 0 Å². The zero-order valence-corrected chi connectivity index (χ0v) is 7.79. The lowest BCUT2D eigenvalue weighted by atomic mass is 10.1. The Hall–Kier alpha value is -1.48. The maximum atomic E-state index is 5.91. The molecule has 0 unspecified atom stereocenters. The molecule has 1 aromatic carbocycles. The van der Waals surface area contributed by atoms with Crippen molar-refractivity contribution in [3.8, 4) is 5.75 Å². The van der Waals surface area contributed by atoms with Gasteiger partial charge in [-0.2, -0.15) is 0 Å². The summed E-state index contributed by atoms with van der Waals surface area (Å²) in [5.41, 5.74) is 8.31. The van der Waals surface area contributed by atoms with Crippen LogP contribution in [0, 0.1) is 0 Å². The highest BCUT2D eigenvalue weighted by molar-refractivity contribution is 5.89. The summed E-state index contributed by atoms with van der Waals surface area (Å²) in [5, 5.41) is 1.19. The molecule has 0 saturated carbocycles. The summed E-state index contributed by atoms with van der Waals surface area (Å²) in [6.07, 6.45) is 2.92. The summed E-state index contributed by atoms with van der Waals surface area (Å²) in [4.78, 5) is 3.23. The number of hydrogen-bond donors (Lipinski definition) is 2. The lowest BCUT2D eigenvalue weighted by molar-refractivity contribution is 0.296. The third kappa shape index (κ3) is 1.02. The van der Waals surface area contributed by atoms with E-state index in [1.54, 1.807) is 0 Å². The minimum Gasteiger partial charge on any atom is -0.491 e. The Bertz CT molecular complexity index is 475. The predicted molar refractivity (Wildman–Crippen MR) is 55.5 cm³/mol. The van der Waals surface area contributed by atoms with Gasteiger partial charge in [0.25, 0.3) is 0 Å². The van der Waals surface area contributed by atoms with Crippen LogP contribution in [0.5, 0.6) is 5.75 Å². The van der Waals surface area contributed by atoms with Crippen LogP contribution in [-0.2, 0) is 6.42 Å². The monoisotopic (exact) mass is 188 g/mol. The molecule has 3 nitrogen and oxygen atoms in total. The fraction of sp³-hybridized carbons (Fsp3) is 0.273. The van der Waals surface area contributed by atoms with Crippen LogP contribution in [0.2, 0.25) is 0 Å². The largest absolute Gasteiger partial charge is 0.491 e. The quantitative estimate of drug-likeness (QED) is 0.657. The van der Waals surface area contributed by atoms with Crippen molar-refractivity contribution >= 4 is 10.9 Å². The molecule has 0 fully saturated rings. The summed E-state index contributed by atoms with van der Waals surface area (Å²) in [7, 11) is 0. The molecular formula is C11H12N2O. The molecule has 14 heavy (non-hydrogen) atoms. The molecule has 1 atom stereocenters. The lowest BCUT2D eigenvalue weighted by Gasteiger charge is -2.07. The molecular weight excluding hydrogens is 176 g/mol. The van der Waals surface area contributed by atoms with E-state index in [1.807, 2.05) is 18.3 Å². The smallest absolute Gasteiger partial charge is 0.129 e. The zero-order valence-electron chi connectivity index (χ0n) is 7.79. The molecule has 0 amide bonds. The molecule has 0 saturated heterocycles. The molecule has 3 heteroatoms. The van der Waals surface area contributed by atoms with Crippen molar-refractivity contribution in [1.82, 2.24) is 4.98 Å². The Morgan fingerprint density at radius 3 is 3.29 bits per heavy atom. The van der Waals surface area contributed by atoms with E-state index in [4.69, 9.17) is 10.5 Å². The van der Waals surface area contributed by atoms with Crippen LogP contribution in [0.15, 0.2) is 24.4 Å². The van der Waals surface area contributed by atoms with E-state index in [1.165, 1.54) is 10.9 Å². The van der Waals surface area contributed by atoms with Crippen molar-refractivity contribution in [1.29, 1.82) is 0 Å².